The smallest absolute Gasteiger partial charge is 0.341 e. The van der Waals surface area contributed by atoms with Crippen molar-refractivity contribution in [2.45, 2.75) is 6.92 Å². The van der Waals surface area contributed by atoms with Crippen LogP contribution in [-0.4, -0.2) is 25.0 Å². The molecule has 1 aromatic carbocycles. The van der Waals surface area contributed by atoms with Crippen LogP contribution in [0.4, 0.5) is 10.7 Å². The summed E-state index contributed by atoms with van der Waals surface area (Å²) >= 11 is 1.29. The Balaban J connectivity index is 1.91. The molecule has 2 N–H and O–H groups in total. The first-order valence-corrected chi connectivity index (χ1v) is 7.42. The second-order valence-corrected chi connectivity index (χ2v) is 5.07. The van der Waals surface area contributed by atoms with Crippen LogP contribution >= 0.6 is 11.3 Å². The van der Waals surface area contributed by atoms with Crippen LogP contribution in [0.2, 0.25) is 0 Å². The summed E-state index contributed by atoms with van der Waals surface area (Å²) in [5.41, 5.74) is 1.25. The van der Waals surface area contributed by atoms with E-state index in [0.717, 1.165) is 5.69 Å². The van der Waals surface area contributed by atoms with E-state index in [1.165, 1.54) is 11.3 Å². The number of nitrogens with one attached hydrogen (secondary N) is 2. The van der Waals surface area contributed by atoms with Crippen molar-refractivity contribution >= 4 is 33.9 Å². The molecule has 6 heteroatoms. The molecule has 1 aromatic heterocycles. The molecule has 0 aliphatic heterocycles. The number of rotatable bonds is 6. The Hall–Kier alpha value is -2.34. The van der Waals surface area contributed by atoms with Crippen molar-refractivity contribution in [2.75, 3.05) is 23.8 Å². The van der Waals surface area contributed by atoms with Crippen molar-refractivity contribution < 1.29 is 14.3 Å². The van der Waals surface area contributed by atoms with E-state index in [2.05, 4.69) is 10.6 Å². The van der Waals surface area contributed by atoms with Gasteiger partial charge >= 0.3 is 5.97 Å². The zero-order chi connectivity index (χ0) is 15.1. The van der Waals surface area contributed by atoms with E-state index in [-0.39, 0.29) is 12.5 Å². The van der Waals surface area contributed by atoms with Crippen molar-refractivity contribution in [3.05, 3.63) is 47.3 Å². The summed E-state index contributed by atoms with van der Waals surface area (Å²) in [6.07, 6.45) is 0. The highest BCUT2D eigenvalue weighted by molar-refractivity contribution is 7.14. The van der Waals surface area contributed by atoms with Crippen molar-refractivity contribution in [1.29, 1.82) is 0 Å². The van der Waals surface area contributed by atoms with Crippen LogP contribution in [0.5, 0.6) is 0 Å². The number of carbonyl (C=O) groups is 2. The van der Waals surface area contributed by atoms with E-state index in [0.29, 0.717) is 17.2 Å². The molecule has 110 valence electrons. The van der Waals surface area contributed by atoms with Gasteiger partial charge in [0.25, 0.3) is 0 Å². The summed E-state index contributed by atoms with van der Waals surface area (Å²) in [4.78, 5) is 23.6. The lowest BCUT2D eigenvalue weighted by Gasteiger charge is -2.08. The maximum absolute atomic E-state index is 11.9. The summed E-state index contributed by atoms with van der Waals surface area (Å²) in [6, 6.07) is 11.1. The summed E-state index contributed by atoms with van der Waals surface area (Å²) in [5.74, 6) is -0.642. The third kappa shape index (κ3) is 4.32. The van der Waals surface area contributed by atoms with Crippen molar-refractivity contribution in [1.82, 2.24) is 0 Å². The molecule has 1 amide bonds. The topological polar surface area (TPSA) is 67.4 Å². The predicted octanol–water partition coefficient (Wildman–Crippen LogP) is 2.98. The summed E-state index contributed by atoms with van der Waals surface area (Å²) in [7, 11) is 0. The number of benzene rings is 1. The summed E-state index contributed by atoms with van der Waals surface area (Å²) in [5, 5.41) is 7.97. The fourth-order valence-electron chi connectivity index (χ4n) is 1.68. The van der Waals surface area contributed by atoms with Crippen LogP contribution in [0, 0.1) is 0 Å². The molecule has 0 atom stereocenters. The number of hydrogen-bond acceptors (Lipinski definition) is 5. The first-order valence-electron chi connectivity index (χ1n) is 6.54. The molecule has 21 heavy (non-hydrogen) atoms. The van der Waals surface area contributed by atoms with Gasteiger partial charge in [0, 0.05) is 5.69 Å². The van der Waals surface area contributed by atoms with Gasteiger partial charge in [-0.25, -0.2) is 4.79 Å². The fourth-order valence-corrected chi connectivity index (χ4v) is 2.48. The maximum Gasteiger partial charge on any atom is 0.341 e. The Kier molecular flexibility index (Phi) is 5.34. The molecule has 0 bridgehead atoms. The molecule has 0 saturated heterocycles. The quantitative estimate of drug-likeness (QED) is 0.805. The first kappa shape index (κ1) is 15.1. The van der Waals surface area contributed by atoms with Gasteiger partial charge in [0.05, 0.1) is 18.7 Å². The molecule has 2 rings (SSSR count). The minimum atomic E-state index is -0.426. The van der Waals surface area contributed by atoms with Gasteiger partial charge in [-0.2, -0.15) is 0 Å². The van der Waals surface area contributed by atoms with E-state index in [9.17, 15) is 9.59 Å². The van der Waals surface area contributed by atoms with Gasteiger partial charge < -0.3 is 15.4 Å². The summed E-state index contributed by atoms with van der Waals surface area (Å²) in [6.45, 7) is 2.17. The number of carbonyl (C=O) groups excluding carboxylic acids is 2. The predicted molar refractivity (Wildman–Crippen MR) is 83.8 cm³/mol. The van der Waals surface area contributed by atoms with Gasteiger partial charge in [0.15, 0.2) is 0 Å². The zero-order valence-electron chi connectivity index (χ0n) is 11.6. The number of para-hydroxylation sites is 1. The number of amides is 1. The van der Waals surface area contributed by atoms with Crippen molar-refractivity contribution in [3.63, 3.8) is 0 Å². The molecule has 0 radical (unpaired) electrons. The number of anilines is 2. The number of thiophene rings is 1. The third-order valence-electron chi connectivity index (χ3n) is 2.64. The van der Waals surface area contributed by atoms with Crippen LogP contribution < -0.4 is 10.6 Å². The second-order valence-electron chi connectivity index (χ2n) is 4.15. The number of ether oxygens (including phenoxy) is 1. The van der Waals surface area contributed by atoms with Crippen LogP contribution in [0.3, 0.4) is 0 Å². The zero-order valence-corrected chi connectivity index (χ0v) is 12.4. The van der Waals surface area contributed by atoms with E-state index in [1.54, 1.807) is 18.4 Å². The lowest BCUT2D eigenvalue weighted by Crippen LogP contribution is -2.22. The largest absolute Gasteiger partial charge is 0.462 e. The molecule has 0 aliphatic rings. The fraction of sp³-hybridized carbons (Fsp3) is 0.200. The minimum Gasteiger partial charge on any atom is -0.462 e. The lowest BCUT2D eigenvalue weighted by molar-refractivity contribution is -0.114. The Morgan fingerprint density at radius 2 is 1.95 bits per heavy atom. The van der Waals surface area contributed by atoms with Crippen LogP contribution in [0.25, 0.3) is 0 Å². The average molecular weight is 304 g/mol. The highest BCUT2D eigenvalue weighted by atomic mass is 32.1. The van der Waals surface area contributed by atoms with E-state index in [1.807, 2.05) is 30.3 Å². The van der Waals surface area contributed by atoms with Crippen molar-refractivity contribution in [2.24, 2.45) is 0 Å². The highest BCUT2D eigenvalue weighted by Gasteiger charge is 2.15. The Morgan fingerprint density at radius 1 is 1.19 bits per heavy atom. The van der Waals surface area contributed by atoms with Crippen molar-refractivity contribution in [3.8, 4) is 0 Å². The Labute approximate surface area is 126 Å². The Bertz CT molecular complexity index is 610. The molecule has 0 unspecified atom stereocenters. The van der Waals surface area contributed by atoms with Gasteiger partial charge in [-0.15, -0.1) is 11.3 Å². The molecule has 5 nitrogen and oxygen atoms in total. The van der Waals surface area contributed by atoms with Gasteiger partial charge in [0.2, 0.25) is 5.91 Å². The van der Waals surface area contributed by atoms with Crippen LogP contribution in [-0.2, 0) is 9.53 Å². The van der Waals surface area contributed by atoms with Gasteiger partial charge in [-0.1, -0.05) is 18.2 Å². The van der Waals surface area contributed by atoms with Gasteiger partial charge in [0.1, 0.15) is 5.00 Å². The van der Waals surface area contributed by atoms with E-state index >= 15 is 0 Å². The first-order chi connectivity index (χ1) is 10.2. The summed E-state index contributed by atoms with van der Waals surface area (Å²) < 4.78 is 4.94. The highest BCUT2D eigenvalue weighted by Crippen LogP contribution is 2.23. The SMILES string of the molecule is CCOC(=O)c1ccsc1NC(=O)CNc1ccccc1. The molecule has 0 fully saturated rings. The molecule has 0 aliphatic carbocycles. The Morgan fingerprint density at radius 3 is 2.67 bits per heavy atom. The maximum atomic E-state index is 11.9. The van der Waals surface area contributed by atoms with Gasteiger partial charge in [-0.3, -0.25) is 4.79 Å². The number of hydrogen-bond donors (Lipinski definition) is 2. The average Bonchev–Trinajstić information content (AvgIpc) is 2.95. The second kappa shape index (κ2) is 7.44. The van der Waals surface area contributed by atoms with E-state index < -0.39 is 5.97 Å². The lowest BCUT2D eigenvalue weighted by atomic mass is 10.3. The molecular formula is C15H16N2O3S. The molecule has 1 heterocycles. The molecule has 2 aromatic rings. The minimum absolute atomic E-state index is 0.129. The standard InChI is InChI=1S/C15H16N2O3S/c1-2-20-15(19)12-8-9-21-14(12)17-13(18)10-16-11-6-4-3-5-7-11/h3-9,16H,2,10H2,1H3,(H,17,18). The van der Waals surface area contributed by atoms with Crippen LogP contribution in [0.15, 0.2) is 41.8 Å². The van der Waals surface area contributed by atoms with Gasteiger partial charge in [-0.05, 0) is 30.5 Å². The van der Waals surface area contributed by atoms with Crippen LogP contribution in [0.1, 0.15) is 17.3 Å². The molecule has 0 spiro atoms. The normalized spacial score (nSPS) is 9.95. The third-order valence-corrected chi connectivity index (χ3v) is 3.47. The number of esters is 1. The monoisotopic (exact) mass is 304 g/mol. The molecule has 0 saturated carbocycles. The molecular weight excluding hydrogens is 288 g/mol. The van der Waals surface area contributed by atoms with E-state index in [4.69, 9.17) is 4.74 Å².